The second-order valence-electron chi connectivity index (χ2n) is 5.76. The molecule has 0 bridgehead atoms. The van der Waals surface area contributed by atoms with Crippen LogP contribution in [0.2, 0.25) is 0 Å². The first kappa shape index (κ1) is 16.9. The number of morpholine rings is 1. The van der Waals surface area contributed by atoms with Crippen LogP contribution >= 0.6 is 0 Å². The smallest absolute Gasteiger partial charge is 0.272 e. The zero-order valence-corrected chi connectivity index (χ0v) is 14.3. The van der Waals surface area contributed by atoms with E-state index in [2.05, 4.69) is 11.1 Å². The monoisotopic (exact) mass is 337 g/mol. The van der Waals surface area contributed by atoms with Crippen LogP contribution in [0, 0.1) is 18.3 Å². The number of benzene rings is 1. The number of hydrogen-bond donors (Lipinski definition) is 0. The van der Waals surface area contributed by atoms with Crippen LogP contribution in [0.3, 0.4) is 0 Å². The zero-order chi connectivity index (χ0) is 17.8. The van der Waals surface area contributed by atoms with E-state index in [0.717, 1.165) is 11.3 Å². The summed E-state index contributed by atoms with van der Waals surface area (Å²) in [7, 11) is 1.60. The van der Waals surface area contributed by atoms with Gasteiger partial charge in [0.1, 0.15) is 17.5 Å². The molecule has 6 nitrogen and oxygen atoms in total. The van der Waals surface area contributed by atoms with Gasteiger partial charge in [0.25, 0.3) is 5.91 Å². The third-order valence-corrected chi connectivity index (χ3v) is 4.23. The number of aromatic nitrogens is 1. The van der Waals surface area contributed by atoms with Gasteiger partial charge < -0.3 is 14.4 Å². The number of nitriles is 1. The van der Waals surface area contributed by atoms with E-state index in [1.165, 1.54) is 0 Å². The lowest BCUT2D eigenvalue weighted by molar-refractivity contribution is 0.0299. The van der Waals surface area contributed by atoms with Crippen LogP contribution in [0.4, 0.5) is 0 Å². The summed E-state index contributed by atoms with van der Waals surface area (Å²) < 4.78 is 10.5. The summed E-state index contributed by atoms with van der Waals surface area (Å²) >= 11 is 0. The minimum atomic E-state index is -0.134. The summed E-state index contributed by atoms with van der Waals surface area (Å²) in [6, 6.07) is 11.3. The Labute approximate surface area is 146 Å². The Morgan fingerprint density at radius 2 is 1.96 bits per heavy atom. The minimum absolute atomic E-state index is 0.134. The number of amides is 1. The molecular formula is C19H19N3O3. The number of carbonyl (C=O) groups excluding carboxylic acids is 1. The lowest BCUT2D eigenvalue weighted by Gasteiger charge is -2.26. The van der Waals surface area contributed by atoms with Crippen molar-refractivity contribution in [2.45, 2.75) is 6.92 Å². The highest BCUT2D eigenvalue weighted by atomic mass is 16.5. The standard InChI is InChI=1S/C19H19N3O3/c1-13-17(12-20)16(14-3-5-15(24-2)6-4-14)11-18(21-13)19(23)22-7-9-25-10-8-22/h3-6,11H,7-10H2,1-2H3. The molecule has 3 rings (SSSR count). The Morgan fingerprint density at radius 3 is 2.56 bits per heavy atom. The summed E-state index contributed by atoms with van der Waals surface area (Å²) in [6.45, 7) is 3.93. The molecule has 2 aromatic rings. The minimum Gasteiger partial charge on any atom is -0.497 e. The molecule has 25 heavy (non-hydrogen) atoms. The van der Waals surface area contributed by atoms with E-state index >= 15 is 0 Å². The second kappa shape index (κ2) is 7.32. The van der Waals surface area contributed by atoms with Crippen molar-refractivity contribution in [1.29, 1.82) is 5.26 Å². The van der Waals surface area contributed by atoms with Gasteiger partial charge in [-0.25, -0.2) is 4.98 Å². The molecule has 1 aliphatic rings. The first-order valence-corrected chi connectivity index (χ1v) is 8.07. The maximum atomic E-state index is 12.7. The molecule has 0 spiro atoms. The van der Waals surface area contributed by atoms with E-state index in [9.17, 15) is 10.1 Å². The van der Waals surface area contributed by atoms with Crippen molar-refractivity contribution in [3.05, 3.63) is 47.3 Å². The Morgan fingerprint density at radius 1 is 1.28 bits per heavy atom. The number of rotatable bonds is 3. The van der Waals surface area contributed by atoms with Crippen LogP contribution in [0.15, 0.2) is 30.3 Å². The number of aryl methyl sites for hydroxylation is 1. The van der Waals surface area contributed by atoms with Crippen LogP contribution in [0.25, 0.3) is 11.1 Å². The molecule has 1 aromatic carbocycles. The molecule has 0 atom stereocenters. The zero-order valence-electron chi connectivity index (χ0n) is 14.3. The van der Waals surface area contributed by atoms with E-state index in [-0.39, 0.29) is 5.91 Å². The Hall–Kier alpha value is -2.91. The quantitative estimate of drug-likeness (QED) is 0.860. The van der Waals surface area contributed by atoms with Crippen LogP contribution in [-0.4, -0.2) is 49.2 Å². The van der Waals surface area contributed by atoms with Crippen molar-refractivity contribution < 1.29 is 14.3 Å². The number of carbonyl (C=O) groups is 1. The molecule has 1 aliphatic heterocycles. The Balaban J connectivity index is 2.02. The Bertz CT molecular complexity index is 819. The maximum Gasteiger partial charge on any atom is 0.272 e. The SMILES string of the molecule is COc1ccc(-c2cc(C(=O)N3CCOCC3)nc(C)c2C#N)cc1. The highest BCUT2D eigenvalue weighted by Gasteiger charge is 2.22. The van der Waals surface area contributed by atoms with E-state index in [4.69, 9.17) is 9.47 Å². The van der Waals surface area contributed by atoms with Crippen molar-refractivity contribution in [2.24, 2.45) is 0 Å². The molecule has 128 valence electrons. The number of pyridine rings is 1. The normalized spacial score (nSPS) is 14.0. The molecule has 6 heteroatoms. The second-order valence-corrected chi connectivity index (χ2v) is 5.76. The molecule has 1 fully saturated rings. The van der Waals surface area contributed by atoms with Gasteiger partial charge in [-0.1, -0.05) is 12.1 Å². The van der Waals surface area contributed by atoms with Gasteiger partial charge in [-0.2, -0.15) is 5.26 Å². The highest BCUT2D eigenvalue weighted by Crippen LogP contribution is 2.28. The predicted molar refractivity (Wildman–Crippen MR) is 92.4 cm³/mol. The van der Waals surface area contributed by atoms with Crippen LogP contribution in [0.5, 0.6) is 5.75 Å². The third kappa shape index (κ3) is 3.47. The number of hydrogen-bond acceptors (Lipinski definition) is 5. The van der Waals surface area contributed by atoms with E-state index < -0.39 is 0 Å². The number of nitrogens with zero attached hydrogens (tertiary/aromatic N) is 3. The lowest BCUT2D eigenvalue weighted by Crippen LogP contribution is -2.41. The average molecular weight is 337 g/mol. The lowest BCUT2D eigenvalue weighted by atomic mass is 9.98. The molecule has 0 radical (unpaired) electrons. The average Bonchev–Trinajstić information content (AvgIpc) is 2.67. The van der Waals surface area contributed by atoms with Crippen molar-refractivity contribution in [1.82, 2.24) is 9.88 Å². The van der Waals surface area contributed by atoms with Gasteiger partial charge in [0.05, 0.1) is 31.6 Å². The molecule has 1 saturated heterocycles. The van der Waals surface area contributed by atoms with Gasteiger partial charge in [-0.3, -0.25) is 4.79 Å². The fraction of sp³-hybridized carbons (Fsp3) is 0.316. The topological polar surface area (TPSA) is 75.4 Å². The molecule has 1 aromatic heterocycles. The largest absolute Gasteiger partial charge is 0.497 e. The first-order chi connectivity index (χ1) is 12.1. The summed E-state index contributed by atoms with van der Waals surface area (Å²) in [5.74, 6) is 0.600. The molecule has 0 N–H and O–H groups in total. The first-order valence-electron chi connectivity index (χ1n) is 8.07. The molecule has 2 heterocycles. The van der Waals surface area contributed by atoms with Gasteiger partial charge in [0.15, 0.2) is 0 Å². The summed E-state index contributed by atoms with van der Waals surface area (Å²) in [6.07, 6.45) is 0. The van der Waals surface area contributed by atoms with Crippen molar-refractivity contribution >= 4 is 5.91 Å². The fourth-order valence-electron chi connectivity index (χ4n) is 2.85. The molecule has 0 aliphatic carbocycles. The maximum absolute atomic E-state index is 12.7. The molecule has 0 unspecified atom stereocenters. The van der Waals surface area contributed by atoms with Crippen LogP contribution in [-0.2, 0) is 4.74 Å². The van der Waals surface area contributed by atoms with E-state index in [0.29, 0.717) is 48.8 Å². The summed E-state index contributed by atoms with van der Waals surface area (Å²) in [5, 5.41) is 9.51. The van der Waals surface area contributed by atoms with Gasteiger partial charge >= 0.3 is 0 Å². The molecular weight excluding hydrogens is 318 g/mol. The predicted octanol–water partition coefficient (Wildman–Crippen LogP) is 2.41. The van der Waals surface area contributed by atoms with E-state index in [1.807, 2.05) is 24.3 Å². The van der Waals surface area contributed by atoms with Crippen molar-refractivity contribution in [3.8, 4) is 22.9 Å². The van der Waals surface area contributed by atoms with Crippen molar-refractivity contribution in [2.75, 3.05) is 33.4 Å². The highest BCUT2D eigenvalue weighted by molar-refractivity contribution is 5.94. The number of ether oxygens (including phenoxy) is 2. The molecule has 0 saturated carbocycles. The van der Waals surface area contributed by atoms with Gasteiger partial charge in [-0.15, -0.1) is 0 Å². The Kier molecular flexibility index (Phi) is 4.96. The summed E-state index contributed by atoms with van der Waals surface area (Å²) in [5.41, 5.74) is 2.92. The molecule has 1 amide bonds. The van der Waals surface area contributed by atoms with E-state index in [1.54, 1.807) is 25.0 Å². The van der Waals surface area contributed by atoms with Crippen LogP contribution < -0.4 is 4.74 Å². The number of methoxy groups -OCH3 is 1. The summed E-state index contributed by atoms with van der Waals surface area (Å²) in [4.78, 5) is 18.8. The van der Waals surface area contributed by atoms with Crippen molar-refractivity contribution in [3.63, 3.8) is 0 Å². The van der Waals surface area contributed by atoms with Gasteiger partial charge in [-0.05, 0) is 30.7 Å². The van der Waals surface area contributed by atoms with Crippen LogP contribution in [0.1, 0.15) is 21.7 Å². The fourth-order valence-corrected chi connectivity index (χ4v) is 2.85. The van der Waals surface area contributed by atoms with Gasteiger partial charge in [0.2, 0.25) is 0 Å². The van der Waals surface area contributed by atoms with Gasteiger partial charge in [0, 0.05) is 18.7 Å². The third-order valence-electron chi connectivity index (χ3n) is 4.23.